The molecule has 0 spiro atoms. The molecule has 0 atom stereocenters. The molecule has 1 saturated heterocycles. The van der Waals surface area contributed by atoms with Gasteiger partial charge < -0.3 is 20.6 Å². The number of likely N-dealkylation sites (tertiary alicyclic amines) is 1. The number of anilines is 2. The highest BCUT2D eigenvalue weighted by molar-refractivity contribution is 7.20. The fourth-order valence-corrected chi connectivity index (χ4v) is 4.78. The molecule has 1 aliphatic heterocycles. The fraction of sp³-hybridized carbons (Fsp3) is 0.381. The van der Waals surface area contributed by atoms with Gasteiger partial charge in [0.2, 0.25) is 0 Å². The van der Waals surface area contributed by atoms with Gasteiger partial charge in [-0.05, 0) is 63.5 Å². The highest BCUT2D eigenvalue weighted by Gasteiger charge is 2.20. The molecule has 0 aliphatic carbocycles. The maximum atomic E-state index is 13.3. The molecule has 3 aromatic rings. The number of aromatic hydroxyl groups is 1. The minimum Gasteiger partial charge on any atom is -0.506 e. The first-order valence-electron chi connectivity index (χ1n) is 10.0. The second-order valence-corrected chi connectivity index (χ2v) is 8.40. The van der Waals surface area contributed by atoms with Gasteiger partial charge in [0.1, 0.15) is 28.5 Å². The molecule has 0 saturated carbocycles. The Labute approximate surface area is 178 Å². The van der Waals surface area contributed by atoms with Crippen molar-refractivity contribution in [2.24, 2.45) is 0 Å². The largest absolute Gasteiger partial charge is 0.506 e. The Kier molecular flexibility index (Phi) is 6.10. The van der Waals surface area contributed by atoms with Crippen LogP contribution in [0, 0.1) is 12.7 Å². The minimum atomic E-state index is -0.527. The molecule has 1 aliphatic rings. The first-order chi connectivity index (χ1) is 14.5. The zero-order valence-corrected chi connectivity index (χ0v) is 17.6. The van der Waals surface area contributed by atoms with Gasteiger partial charge in [-0.25, -0.2) is 14.4 Å². The van der Waals surface area contributed by atoms with E-state index in [-0.39, 0.29) is 11.7 Å². The van der Waals surface area contributed by atoms with Crippen molar-refractivity contribution in [3.05, 3.63) is 40.8 Å². The number of hydrogen-bond acceptors (Lipinski definition) is 7. The average molecular weight is 430 g/mol. The number of carbonyl (C=O) groups excluding carboxylic acids is 1. The molecule has 1 amide bonds. The molecule has 0 radical (unpaired) electrons. The average Bonchev–Trinajstić information content (AvgIpc) is 3.36. The molecule has 3 N–H and O–H groups in total. The molecule has 1 aromatic carbocycles. The summed E-state index contributed by atoms with van der Waals surface area (Å²) in [6, 6.07) is 3.72. The van der Waals surface area contributed by atoms with Crippen LogP contribution in [0.2, 0.25) is 0 Å². The molecule has 9 heteroatoms. The number of aromatic nitrogens is 2. The first-order valence-corrected chi connectivity index (χ1v) is 10.8. The van der Waals surface area contributed by atoms with Crippen LogP contribution in [0.1, 0.15) is 34.5 Å². The van der Waals surface area contributed by atoms with Crippen LogP contribution < -0.4 is 10.6 Å². The number of thiophene rings is 1. The molecule has 0 unspecified atom stereocenters. The van der Waals surface area contributed by atoms with Gasteiger partial charge >= 0.3 is 0 Å². The number of halogens is 1. The lowest BCUT2D eigenvalue weighted by Crippen LogP contribution is -2.28. The van der Waals surface area contributed by atoms with Crippen LogP contribution in [0.15, 0.2) is 24.5 Å². The van der Waals surface area contributed by atoms with E-state index in [1.54, 1.807) is 0 Å². The summed E-state index contributed by atoms with van der Waals surface area (Å²) in [5, 5.41) is 16.7. The van der Waals surface area contributed by atoms with Crippen molar-refractivity contribution in [2.75, 3.05) is 31.5 Å². The Morgan fingerprint density at radius 1 is 1.30 bits per heavy atom. The third kappa shape index (κ3) is 4.36. The van der Waals surface area contributed by atoms with Gasteiger partial charge in [0.15, 0.2) is 0 Å². The number of carbonyl (C=O) groups is 1. The Hall–Kier alpha value is -2.78. The topological polar surface area (TPSA) is 90.4 Å². The number of rotatable bonds is 7. The summed E-state index contributed by atoms with van der Waals surface area (Å²) in [4.78, 5) is 25.0. The number of hydrogen-bond donors (Lipinski definition) is 3. The van der Waals surface area contributed by atoms with Gasteiger partial charge in [-0.1, -0.05) is 0 Å². The number of fused-ring (bicyclic) bond motifs is 1. The number of phenolic OH excluding ortho intramolecular Hbond substituents is 1. The Balaban J connectivity index is 1.49. The van der Waals surface area contributed by atoms with E-state index in [0.717, 1.165) is 37.7 Å². The summed E-state index contributed by atoms with van der Waals surface area (Å²) < 4.78 is 13.3. The van der Waals surface area contributed by atoms with Gasteiger partial charge in [-0.3, -0.25) is 4.79 Å². The molecular weight excluding hydrogens is 405 g/mol. The lowest BCUT2D eigenvalue weighted by atomic mass is 10.2. The minimum absolute atomic E-state index is 0.118. The van der Waals surface area contributed by atoms with Crippen LogP contribution in [-0.4, -0.2) is 52.1 Å². The molecule has 3 heterocycles. The Bertz CT molecular complexity index is 1060. The summed E-state index contributed by atoms with van der Waals surface area (Å²) in [5.41, 5.74) is 1.10. The standard InChI is InChI=1S/C21H24FN5O2S/c1-13-17-19(26-15-6-5-14(22)11-16(15)28)24-12-25-21(17)30-18(13)20(29)23-7-4-10-27-8-2-3-9-27/h5-6,11-12,28H,2-4,7-10H2,1H3,(H,23,29)(H,24,25,26). The first kappa shape index (κ1) is 20.5. The molecular formula is C21H24FN5O2S. The third-order valence-corrected chi connectivity index (χ3v) is 6.48. The monoisotopic (exact) mass is 429 g/mol. The SMILES string of the molecule is Cc1c(C(=O)NCCCN2CCCC2)sc2ncnc(Nc3ccc(F)cc3O)c12. The normalized spacial score (nSPS) is 14.3. The van der Waals surface area contributed by atoms with E-state index in [1.165, 1.54) is 42.6 Å². The van der Waals surface area contributed by atoms with Gasteiger partial charge in [0.05, 0.1) is 16.0 Å². The van der Waals surface area contributed by atoms with E-state index in [2.05, 4.69) is 25.5 Å². The van der Waals surface area contributed by atoms with Gasteiger partial charge in [-0.2, -0.15) is 0 Å². The van der Waals surface area contributed by atoms with Crippen molar-refractivity contribution in [3.63, 3.8) is 0 Å². The second-order valence-electron chi connectivity index (χ2n) is 7.40. The van der Waals surface area contributed by atoms with E-state index in [9.17, 15) is 14.3 Å². The predicted octanol–water partition coefficient (Wildman–Crippen LogP) is 3.80. The maximum absolute atomic E-state index is 13.3. The van der Waals surface area contributed by atoms with Crippen molar-refractivity contribution in [1.29, 1.82) is 0 Å². The number of amides is 1. The Morgan fingerprint density at radius 2 is 2.10 bits per heavy atom. The molecule has 7 nitrogen and oxygen atoms in total. The predicted molar refractivity (Wildman–Crippen MR) is 116 cm³/mol. The van der Waals surface area contributed by atoms with E-state index in [4.69, 9.17) is 0 Å². The van der Waals surface area contributed by atoms with Crippen LogP contribution in [-0.2, 0) is 0 Å². The van der Waals surface area contributed by atoms with Crippen LogP contribution in [0.3, 0.4) is 0 Å². The maximum Gasteiger partial charge on any atom is 0.261 e. The second kappa shape index (κ2) is 8.93. The molecule has 1 fully saturated rings. The Morgan fingerprint density at radius 3 is 2.87 bits per heavy atom. The fourth-order valence-electron chi connectivity index (χ4n) is 3.71. The van der Waals surface area contributed by atoms with Crippen molar-refractivity contribution >= 4 is 39.0 Å². The lowest BCUT2D eigenvalue weighted by Gasteiger charge is -2.14. The summed E-state index contributed by atoms with van der Waals surface area (Å²) in [5.74, 6) is -0.400. The summed E-state index contributed by atoms with van der Waals surface area (Å²) in [6.07, 6.45) is 4.85. The van der Waals surface area contributed by atoms with Crippen molar-refractivity contribution in [2.45, 2.75) is 26.2 Å². The summed E-state index contributed by atoms with van der Waals surface area (Å²) >= 11 is 1.31. The van der Waals surface area contributed by atoms with Crippen molar-refractivity contribution < 1.29 is 14.3 Å². The number of nitrogens with one attached hydrogen (secondary N) is 2. The van der Waals surface area contributed by atoms with Crippen LogP contribution in [0.25, 0.3) is 10.2 Å². The van der Waals surface area contributed by atoms with E-state index in [1.807, 2.05) is 6.92 Å². The van der Waals surface area contributed by atoms with E-state index >= 15 is 0 Å². The molecule has 4 rings (SSSR count). The summed E-state index contributed by atoms with van der Waals surface area (Å²) in [7, 11) is 0. The van der Waals surface area contributed by atoms with E-state index in [0.29, 0.717) is 33.1 Å². The number of phenols is 1. The van der Waals surface area contributed by atoms with Crippen molar-refractivity contribution in [1.82, 2.24) is 20.2 Å². The van der Waals surface area contributed by atoms with Gasteiger partial charge in [-0.15, -0.1) is 11.3 Å². The zero-order valence-electron chi connectivity index (χ0n) is 16.7. The van der Waals surface area contributed by atoms with Gasteiger partial charge in [0, 0.05) is 12.6 Å². The quantitative estimate of drug-likeness (QED) is 0.391. The highest BCUT2D eigenvalue weighted by Crippen LogP contribution is 2.36. The molecule has 2 aromatic heterocycles. The smallest absolute Gasteiger partial charge is 0.261 e. The lowest BCUT2D eigenvalue weighted by molar-refractivity contribution is 0.0955. The number of nitrogens with zero attached hydrogens (tertiary/aromatic N) is 3. The van der Waals surface area contributed by atoms with Crippen LogP contribution >= 0.6 is 11.3 Å². The molecule has 30 heavy (non-hydrogen) atoms. The molecule has 158 valence electrons. The number of aryl methyl sites for hydroxylation is 1. The van der Waals surface area contributed by atoms with Crippen molar-refractivity contribution in [3.8, 4) is 5.75 Å². The summed E-state index contributed by atoms with van der Waals surface area (Å²) in [6.45, 7) is 5.80. The number of benzene rings is 1. The van der Waals surface area contributed by atoms with Crippen LogP contribution in [0.4, 0.5) is 15.9 Å². The van der Waals surface area contributed by atoms with Crippen LogP contribution in [0.5, 0.6) is 5.75 Å². The molecule has 0 bridgehead atoms. The highest BCUT2D eigenvalue weighted by atomic mass is 32.1. The third-order valence-electron chi connectivity index (χ3n) is 5.28. The van der Waals surface area contributed by atoms with E-state index < -0.39 is 5.82 Å². The van der Waals surface area contributed by atoms with Gasteiger partial charge in [0.25, 0.3) is 5.91 Å². The zero-order chi connectivity index (χ0) is 21.1.